The number of nitro groups is 1. The van der Waals surface area contributed by atoms with E-state index < -0.39 is 22.0 Å². The third-order valence-corrected chi connectivity index (χ3v) is 3.78. The van der Waals surface area contributed by atoms with Gasteiger partial charge in [-0.3, -0.25) is 14.9 Å². The number of rotatable bonds is 5. The third kappa shape index (κ3) is 2.57. The van der Waals surface area contributed by atoms with Gasteiger partial charge in [-0.25, -0.2) is 4.79 Å². The van der Waals surface area contributed by atoms with E-state index in [1.807, 2.05) is 0 Å². The number of carbonyl (C=O) groups is 1. The standard InChI is InChI=1S/C15H15N3O6/c1-3-24-15(20)10-7-17(8-4-5-8)13-9(12(10)19)6-11(18(21)22)14(16-13)23-2/h6-8H,3-5H2,1-2H3. The fourth-order valence-corrected chi connectivity index (χ4v) is 2.51. The highest BCUT2D eigenvalue weighted by Crippen LogP contribution is 2.38. The number of hydrogen-bond donors (Lipinski definition) is 0. The van der Waals surface area contributed by atoms with E-state index in [9.17, 15) is 19.7 Å². The molecule has 9 heteroatoms. The maximum atomic E-state index is 12.6. The van der Waals surface area contributed by atoms with E-state index in [-0.39, 0.29) is 35.1 Å². The molecule has 0 aromatic carbocycles. The first-order chi connectivity index (χ1) is 11.5. The van der Waals surface area contributed by atoms with Crippen molar-refractivity contribution in [1.29, 1.82) is 0 Å². The molecule has 0 atom stereocenters. The van der Waals surface area contributed by atoms with Crippen molar-refractivity contribution in [2.75, 3.05) is 13.7 Å². The zero-order chi connectivity index (χ0) is 17.4. The molecule has 3 rings (SSSR count). The minimum atomic E-state index is -0.753. The summed E-state index contributed by atoms with van der Waals surface area (Å²) in [4.78, 5) is 39.3. The predicted octanol–water partition coefficient (Wildman–Crippen LogP) is 1.82. The van der Waals surface area contributed by atoms with Crippen molar-refractivity contribution in [2.24, 2.45) is 0 Å². The Morgan fingerprint density at radius 2 is 2.21 bits per heavy atom. The second-order valence-corrected chi connectivity index (χ2v) is 5.38. The molecule has 0 N–H and O–H groups in total. The zero-order valence-corrected chi connectivity index (χ0v) is 13.1. The van der Waals surface area contributed by atoms with Gasteiger partial charge in [0, 0.05) is 18.3 Å². The Kier molecular flexibility index (Phi) is 3.92. The molecule has 1 aliphatic rings. The highest BCUT2D eigenvalue weighted by molar-refractivity contribution is 5.93. The number of nitrogens with zero attached hydrogens (tertiary/aromatic N) is 3. The van der Waals surface area contributed by atoms with Crippen LogP contribution in [-0.4, -0.2) is 34.2 Å². The van der Waals surface area contributed by atoms with Crippen molar-refractivity contribution >= 4 is 22.7 Å². The van der Waals surface area contributed by atoms with Crippen LogP contribution in [0.15, 0.2) is 17.1 Å². The molecular weight excluding hydrogens is 318 g/mol. The van der Waals surface area contributed by atoms with E-state index in [0.717, 1.165) is 18.9 Å². The normalized spacial score (nSPS) is 13.8. The van der Waals surface area contributed by atoms with E-state index >= 15 is 0 Å². The fraction of sp³-hybridized carbons (Fsp3) is 0.400. The van der Waals surface area contributed by atoms with Gasteiger partial charge in [0.1, 0.15) is 11.2 Å². The van der Waals surface area contributed by atoms with Crippen molar-refractivity contribution < 1.29 is 19.2 Å². The number of methoxy groups -OCH3 is 1. The van der Waals surface area contributed by atoms with Gasteiger partial charge in [0.25, 0.3) is 5.88 Å². The van der Waals surface area contributed by atoms with Crippen LogP contribution in [0.2, 0.25) is 0 Å². The summed E-state index contributed by atoms with van der Waals surface area (Å²) in [5.74, 6) is -0.928. The molecule has 24 heavy (non-hydrogen) atoms. The van der Waals surface area contributed by atoms with Crippen molar-refractivity contribution in [3.8, 4) is 5.88 Å². The largest absolute Gasteiger partial charge is 0.476 e. The van der Waals surface area contributed by atoms with E-state index in [4.69, 9.17) is 9.47 Å². The number of aromatic nitrogens is 2. The predicted molar refractivity (Wildman–Crippen MR) is 83.4 cm³/mol. The summed E-state index contributed by atoms with van der Waals surface area (Å²) in [5.41, 5.74) is -0.959. The molecule has 1 saturated carbocycles. The molecule has 0 spiro atoms. The molecule has 0 saturated heterocycles. The molecule has 2 aromatic heterocycles. The van der Waals surface area contributed by atoms with Crippen molar-refractivity contribution in [3.63, 3.8) is 0 Å². The van der Waals surface area contributed by atoms with E-state index in [1.165, 1.54) is 13.3 Å². The SMILES string of the molecule is CCOC(=O)c1cn(C2CC2)c2nc(OC)c([N+](=O)[O-])cc2c1=O. The van der Waals surface area contributed by atoms with E-state index in [0.29, 0.717) is 0 Å². The van der Waals surface area contributed by atoms with Gasteiger partial charge in [0.05, 0.1) is 24.0 Å². The summed E-state index contributed by atoms with van der Waals surface area (Å²) in [5, 5.41) is 11.2. The van der Waals surface area contributed by atoms with Crippen LogP contribution >= 0.6 is 0 Å². The number of fused-ring (bicyclic) bond motifs is 1. The maximum absolute atomic E-state index is 12.6. The smallest absolute Gasteiger partial charge is 0.343 e. The Labute approximate surface area is 136 Å². The minimum Gasteiger partial charge on any atom is -0.476 e. The Morgan fingerprint density at radius 1 is 1.50 bits per heavy atom. The summed E-state index contributed by atoms with van der Waals surface area (Å²) in [6.45, 7) is 1.76. The number of esters is 1. The molecule has 1 fully saturated rings. The summed E-state index contributed by atoms with van der Waals surface area (Å²) < 4.78 is 11.6. The molecule has 0 amide bonds. The molecule has 9 nitrogen and oxygen atoms in total. The van der Waals surface area contributed by atoms with Crippen LogP contribution < -0.4 is 10.2 Å². The first kappa shape index (κ1) is 15.9. The number of hydrogen-bond acceptors (Lipinski definition) is 7. The zero-order valence-electron chi connectivity index (χ0n) is 13.1. The lowest BCUT2D eigenvalue weighted by molar-refractivity contribution is -0.386. The van der Waals surface area contributed by atoms with Gasteiger partial charge in [0.15, 0.2) is 0 Å². The lowest BCUT2D eigenvalue weighted by Crippen LogP contribution is -2.21. The molecule has 126 valence electrons. The minimum absolute atomic E-state index is 0.0000435. The molecule has 1 aliphatic carbocycles. The van der Waals surface area contributed by atoms with Crippen LogP contribution in [0.4, 0.5) is 5.69 Å². The lowest BCUT2D eigenvalue weighted by Gasteiger charge is -2.12. The average Bonchev–Trinajstić information content (AvgIpc) is 3.39. The van der Waals surface area contributed by atoms with Gasteiger partial charge < -0.3 is 14.0 Å². The Bertz CT molecular complexity index is 900. The Morgan fingerprint density at radius 3 is 2.75 bits per heavy atom. The van der Waals surface area contributed by atoms with Crippen molar-refractivity contribution in [3.05, 3.63) is 38.2 Å². The first-order valence-electron chi connectivity index (χ1n) is 7.43. The highest BCUT2D eigenvalue weighted by Gasteiger charge is 2.30. The molecule has 2 heterocycles. The third-order valence-electron chi connectivity index (χ3n) is 3.78. The van der Waals surface area contributed by atoms with Crippen LogP contribution in [0.25, 0.3) is 11.0 Å². The summed E-state index contributed by atoms with van der Waals surface area (Å²) in [6.07, 6.45) is 3.17. The van der Waals surface area contributed by atoms with E-state index in [2.05, 4.69) is 4.98 Å². The molecule has 0 bridgehead atoms. The number of pyridine rings is 2. The maximum Gasteiger partial charge on any atom is 0.343 e. The van der Waals surface area contributed by atoms with Crippen molar-refractivity contribution in [2.45, 2.75) is 25.8 Å². The second-order valence-electron chi connectivity index (χ2n) is 5.38. The molecule has 0 unspecified atom stereocenters. The van der Waals surface area contributed by atoms with Gasteiger partial charge in [0.2, 0.25) is 5.43 Å². The monoisotopic (exact) mass is 333 g/mol. The van der Waals surface area contributed by atoms with Crippen LogP contribution in [0.5, 0.6) is 5.88 Å². The first-order valence-corrected chi connectivity index (χ1v) is 7.43. The average molecular weight is 333 g/mol. The molecule has 0 radical (unpaired) electrons. The number of carbonyl (C=O) groups excluding carboxylic acids is 1. The number of ether oxygens (including phenoxy) is 2. The summed E-state index contributed by atoms with van der Waals surface area (Å²) in [7, 11) is 1.27. The quantitative estimate of drug-likeness (QED) is 0.466. The summed E-state index contributed by atoms with van der Waals surface area (Å²) >= 11 is 0. The fourth-order valence-electron chi connectivity index (χ4n) is 2.51. The van der Waals surface area contributed by atoms with Crippen molar-refractivity contribution in [1.82, 2.24) is 9.55 Å². The van der Waals surface area contributed by atoms with Gasteiger partial charge in [-0.1, -0.05) is 0 Å². The van der Waals surface area contributed by atoms with E-state index in [1.54, 1.807) is 11.5 Å². The van der Waals surface area contributed by atoms with Crippen LogP contribution in [-0.2, 0) is 4.74 Å². The van der Waals surface area contributed by atoms with Gasteiger partial charge in [-0.05, 0) is 19.8 Å². The lowest BCUT2D eigenvalue weighted by atomic mass is 10.1. The highest BCUT2D eigenvalue weighted by atomic mass is 16.6. The molecular formula is C15H15N3O6. The van der Waals surface area contributed by atoms with Crippen LogP contribution in [0, 0.1) is 10.1 Å². The Hall–Kier alpha value is -2.97. The van der Waals surface area contributed by atoms with Gasteiger partial charge in [-0.15, -0.1) is 0 Å². The summed E-state index contributed by atoms with van der Waals surface area (Å²) in [6, 6.07) is 1.20. The van der Waals surface area contributed by atoms with Gasteiger partial charge in [-0.2, -0.15) is 4.98 Å². The van der Waals surface area contributed by atoms with Crippen LogP contribution in [0.1, 0.15) is 36.2 Å². The Balaban J connectivity index is 2.34. The second kappa shape index (κ2) is 5.91. The van der Waals surface area contributed by atoms with Crippen LogP contribution in [0.3, 0.4) is 0 Å². The van der Waals surface area contributed by atoms with Gasteiger partial charge >= 0.3 is 11.7 Å². The topological polar surface area (TPSA) is 114 Å². The molecule has 2 aromatic rings. The molecule has 0 aliphatic heterocycles.